The largest absolute Gasteiger partial charge is 0.340 e. The van der Waals surface area contributed by atoms with E-state index in [1.165, 1.54) is 17.7 Å². The van der Waals surface area contributed by atoms with Crippen LogP contribution in [-0.2, 0) is 9.59 Å². The van der Waals surface area contributed by atoms with Crippen LogP contribution in [-0.4, -0.2) is 52.3 Å². The quantitative estimate of drug-likeness (QED) is 0.758. The summed E-state index contributed by atoms with van der Waals surface area (Å²) in [6.07, 6.45) is 9.07. The zero-order valence-corrected chi connectivity index (χ0v) is 14.7. The summed E-state index contributed by atoms with van der Waals surface area (Å²) in [7, 11) is 0. The van der Waals surface area contributed by atoms with Crippen LogP contribution in [0.15, 0.2) is 0 Å². The Morgan fingerprint density at radius 3 is 2.50 bits per heavy atom. The minimum absolute atomic E-state index is 0.0828. The van der Waals surface area contributed by atoms with Crippen molar-refractivity contribution in [3.8, 4) is 0 Å². The number of rotatable bonds is 6. The summed E-state index contributed by atoms with van der Waals surface area (Å²) < 4.78 is 0. The number of nitrogens with zero attached hydrogens (tertiary/aromatic N) is 2. The number of imide groups is 1. The van der Waals surface area contributed by atoms with E-state index in [-0.39, 0.29) is 17.8 Å². The number of hydrogen-bond donors (Lipinski definition) is 1. The maximum Gasteiger partial charge on any atom is 0.325 e. The molecule has 0 bridgehead atoms. The average Bonchev–Trinajstić information content (AvgIpc) is 3.27. The van der Waals surface area contributed by atoms with Crippen molar-refractivity contribution >= 4 is 17.8 Å². The van der Waals surface area contributed by atoms with Crippen LogP contribution in [0, 0.1) is 0 Å². The molecule has 24 heavy (non-hydrogen) atoms. The van der Waals surface area contributed by atoms with E-state index < -0.39 is 5.54 Å². The summed E-state index contributed by atoms with van der Waals surface area (Å²) in [4.78, 5) is 40.5. The standard InChI is InChI=1S/C18H29N3O3/c1-2-20(14-8-3-4-9-14)15(22)10-7-13-21-16(23)18(19-17(21)24)11-5-6-12-18/h14H,2-13H2,1H3,(H,19,24). The molecular formula is C18H29N3O3. The fraction of sp³-hybridized carbons (Fsp3) is 0.833. The molecule has 2 saturated carbocycles. The second-order valence-corrected chi connectivity index (χ2v) is 7.40. The van der Waals surface area contributed by atoms with Crippen molar-refractivity contribution < 1.29 is 14.4 Å². The Balaban J connectivity index is 1.49. The highest BCUT2D eigenvalue weighted by molar-refractivity contribution is 6.07. The van der Waals surface area contributed by atoms with Gasteiger partial charge in [-0.1, -0.05) is 25.7 Å². The first-order valence-electron chi connectivity index (χ1n) is 9.51. The first kappa shape index (κ1) is 17.2. The highest BCUT2D eigenvalue weighted by Gasteiger charge is 2.52. The summed E-state index contributed by atoms with van der Waals surface area (Å²) >= 11 is 0. The van der Waals surface area contributed by atoms with Crippen molar-refractivity contribution in [2.24, 2.45) is 0 Å². The van der Waals surface area contributed by atoms with Gasteiger partial charge in [-0.05, 0) is 39.0 Å². The number of nitrogens with one attached hydrogen (secondary N) is 1. The van der Waals surface area contributed by atoms with Crippen LogP contribution in [0.25, 0.3) is 0 Å². The Morgan fingerprint density at radius 2 is 1.88 bits per heavy atom. The molecular weight excluding hydrogens is 306 g/mol. The molecule has 0 radical (unpaired) electrons. The summed E-state index contributed by atoms with van der Waals surface area (Å²) in [6.45, 7) is 3.12. The molecule has 4 amide bonds. The van der Waals surface area contributed by atoms with Crippen LogP contribution >= 0.6 is 0 Å². The highest BCUT2D eigenvalue weighted by Crippen LogP contribution is 2.35. The first-order valence-corrected chi connectivity index (χ1v) is 9.51. The Labute approximate surface area is 143 Å². The van der Waals surface area contributed by atoms with Gasteiger partial charge in [-0.15, -0.1) is 0 Å². The van der Waals surface area contributed by atoms with Gasteiger partial charge in [-0.25, -0.2) is 4.79 Å². The van der Waals surface area contributed by atoms with Gasteiger partial charge in [0.25, 0.3) is 5.91 Å². The number of urea groups is 1. The lowest BCUT2D eigenvalue weighted by Crippen LogP contribution is -2.44. The second-order valence-electron chi connectivity index (χ2n) is 7.40. The van der Waals surface area contributed by atoms with Crippen molar-refractivity contribution in [3.63, 3.8) is 0 Å². The van der Waals surface area contributed by atoms with E-state index in [1.807, 2.05) is 11.8 Å². The predicted molar refractivity (Wildman–Crippen MR) is 90.3 cm³/mol. The molecule has 3 aliphatic rings. The van der Waals surface area contributed by atoms with Crippen LogP contribution in [0.5, 0.6) is 0 Å². The third-order valence-corrected chi connectivity index (χ3v) is 5.90. The molecule has 1 spiro atoms. The molecule has 6 nitrogen and oxygen atoms in total. The lowest BCUT2D eigenvalue weighted by Gasteiger charge is -2.28. The van der Waals surface area contributed by atoms with Gasteiger partial charge in [0.1, 0.15) is 5.54 Å². The van der Waals surface area contributed by atoms with E-state index in [9.17, 15) is 14.4 Å². The lowest BCUT2D eigenvalue weighted by atomic mass is 9.98. The van der Waals surface area contributed by atoms with Crippen molar-refractivity contribution in [1.29, 1.82) is 0 Å². The fourth-order valence-corrected chi connectivity index (χ4v) is 4.58. The molecule has 6 heteroatoms. The minimum atomic E-state index is -0.638. The number of hydrogen-bond acceptors (Lipinski definition) is 3. The third-order valence-electron chi connectivity index (χ3n) is 5.90. The van der Waals surface area contributed by atoms with Crippen molar-refractivity contribution in [3.05, 3.63) is 0 Å². The molecule has 1 N–H and O–H groups in total. The molecule has 3 rings (SSSR count). The van der Waals surface area contributed by atoms with Crippen LogP contribution in [0.3, 0.4) is 0 Å². The molecule has 1 saturated heterocycles. The van der Waals surface area contributed by atoms with E-state index >= 15 is 0 Å². The Kier molecular flexibility index (Phi) is 5.11. The third kappa shape index (κ3) is 3.15. The minimum Gasteiger partial charge on any atom is -0.340 e. The van der Waals surface area contributed by atoms with Crippen LogP contribution in [0.2, 0.25) is 0 Å². The monoisotopic (exact) mass is 335 g/mol. The average molecular weight is 335 g/mol. The zero-order chi connectivity index (χ0) is 17.2. The molecule has 3 fully saturated rings. The smallest absolute Gasteiger partial charge is 0.325 e. The second kappa shape index (κ2) is 7.11. The topological polar surface area (TPSA) is 69.7 Å². The van der Waals surface area contributed by atoms with E-state index in [0.717, 1.165) is 45.1 Å². The van der Waals surface area contributed by atoms with Gasteiger partial charge < -0.3 is 10.2 Å². The van der Waals surface area contributed by atoms with E-state index in [0.29, 0.717) is 25.4 Å². The molecule has 1 aliphatic heterocycles. The van der Waals surface area contributed by atoms with E-state index in [2.05, 4.69) is 5.32 Å². The molecule has 0 aromatic heterocycles. The van der Waals surface area contributed by atoms with Crippen molar-refractivity contribution in [2.45, 2.75) is 82.7 Å². The summed E-state index contributed by atoms with van der Waals surface area (Å²) in [5.41, 5.74) is -0.638. The van der Waals surface area contributed by atoms with Gasteiger partial charge in [0.2, 0.25) is 5.91 Å². The normalized spacial score (nSPS) is 23.3. The van der Waals surface area contributed by atoms with Crippen LogP contribution < -0.4 is 5.32 Å². The zero-order valence-electron chi connectivity index (χ0n) is 14.7. The molecule has 134 valence electrons. The van der Waals surface area contributed by atoms with Gasteiger partial charge in [0.15, 0.2) is 0 Å². The summed E-state index contributed by atoms with van der Waals surface area (Å²) in [6, 6.07) is 0.110. The van der Waals surface area contributed by atoms with Crippen molar-refractivity contribution in [1.82, 2.24) is 15.1 Å². The number of amides is 4. The van der Waals surface area contributed by atoms with Gasteiger partial charge in [-0.3, -0.25) is 14.5 Å². The molecule has 0 aromatic rings. The van der Waals surface area contributed by atoms with Crippen LogP contribution in [0.1, 0.15) is 71.1 Å². The fourth-order valence-electron chi connectivity index (χ4n) is 4.58. The van der Waals surface area contributed by atoms with Crippen molar-refractivity contribution in [2.75, 3.05) is 13.1 Å². The van der Waals surface area contributed by atoms with Gasteiger partial charge in [0, 0.05) is 25.6 Å². The predicted octanol–water partition coefficient (Wildman–Crippen LogP) is 2.42. The van der Waals surface area contributed by atoms with Gasteiger partial charge in [0.05, 0.1) is 0 Å². The van der Waals surface area contributed by atoms with Gasteiger partial charge in [-0.2, -0.15) is 0 Å². The summed E-state index contributed by atoms with van der Waals surface area (Å²) in [5.74, 6) is 0.0765. The maximum atomic E-state index is 12.6. The Bertz CT molecular complexity index is 508. The van der Waals surface area contributed by atoms with Crippen LogP contribution in [0.4, 0.5) is 4.79 Å². The Morgan fingerprint density at radius 1 is 1.21 bits per heavy atom. The highest BCUT2D eigenvalue weighted by atomic mass is 16.2. The van der Waals surface area contributed by atoms with E-state index in [1.54, 1.807) is 0 Å². The maximum absolute atomic E-state index is 12.6. The van der Waals surface area contributed by atoms with Gasteiger partial charge >= 0.3 is 6.03 Å². The van der Waals surface area contributed by atoms with E-state index in [4.69, 9.17) is 0 Å². The molecule has 0 aromatic carbocycles. The number of carbonyl (C=O) groups is 3. The molecule has 2 aliphatic carbocycles. The number of carbonyl (C=O) groups excluding carboxylic acids is 3. The first-order chi connectivity index (χ1) is 11.6. The lowest BCUT2D eigenvalue weighted by molar-refractivity contribution is -0.134. The molecule has 0 atom stereocenters. The SMILES string of the molecule is CCN(C(=O)CCCN1C(=O)NC2(CCCC2)C1=O)C1CCCC1. The summed E-state index contributed by atoms with van der Waals surface area (Å²) in [5, 5.41) is 2.89. The molecule has 1 heterocycles. The Hall–Kier alpha value is -1.59. The molecule has 0 unspecified atom stereocenters.